The van der Waals surface area contributed by atoms with Crippen LogP contribution in [-0.4, -0.2) is 42.6 Å². The fourth-order valence-corrected chi connectivity index (χ4v) is 3.73. The number of carbonyl (C=O) groups is 1. The van der Waals surface area contributed by atoms with E-state index in [0.717, 1.165) is 43.1 Å². The maximum atomic E-state index is 13.2. The zero-order valence-electron chi connectivity index (χ0n) is 17.0. The Labute approximate surface area is 175 Å². The van der Waals surface area contributed by atoms with Crippen LogP contribution in [0.2, 0.25) is 5.02 Å². The summed E-state index contributed by atoms with van der Waals surface area (Å²) >= 11 is 5.75. The molecular formula is C21H27ClFN5O. The summed E-state index contributed by atoms with van der Waals surface area (Å²) < 4.78 is 13.2. The van der Waals surface area contributed by atoms with Crippen LogP contribution in [0.1, 0.15) is 41.9 Å². The fourth-order valence-electron chi connectivity index (χ4n) is 3.55. The smallest absolute Gasteiger partial charge is 0.251 e. The quantitative estimate of drug-likeness (QED) is 0.739. The molecule has 1 fully saturated rings. The highest BCUT2D eigenvalue weighted by atomic mass is 35.5. The van der Waals surface area contributed by atoms with Crippen LogP contribution >= 0.6 is 11.6 Å². The summed E-state index contributed by atoms with van der Waals surface area (Å²) in [6, 6.07) is 6.35. The number of amides is 1. The second kappa shape index (κ2) is 9.39. The van der Waals surface area contributed by atoms with Crippen LogP contribution in [0.15, 0.2) is 24.3 Å². The predicted molar refractivity (Wildman–Crippen MR) is 114 cm³/mol. The van der Waals surface area contributed by atoms with Gasteiger partial charge in [0.1, 0.15) is 23.3 Å². The number of benzene rings is 1. The third-order valence-corrected chi connectivity index (χ3v) is 5.50. The number of halogens is 2. The first-order valence-corrected chi connectivity index (χ1v) is 10.2. The molecular weight excluding hydrogens is 393 g/mol. The molecule has 2 N–H and O–H groups in total. The van der Waals surface area contributed by atoms with Crippen molar-refractivity contribution in [3.63, 3.8) is 0 Å². The van der Waals surface area contributed by atoms with E-state index in [1.807, 2.05) is 32.0 Å². The van der Waals surface area contributed by atoms with Crippen molar-refractivity contribution in [1.29, 1.82) is 0 Å². The van der Waals surface area contributed by atoms with Gasteiger partial charge in [-0.2, -0.15) is 0 Å². The summed E-state index contributed by atoms with van der Waals surface area (Å²) in [6.07, 6.45) is 4.08. The van der Waals surface area contributed by atoms with E-state index in [1.165, 1.54) is 18.2 Å². The van der Waals surface area contributed by atoms with Gasteiger partial charge in [0.15, 0.2) is 0 Å². The van der Waals surface area contributed by atoms with Crippen molar-refractivity contribution in [2.75, 3.05) is 30.9 Å². The summed E-state index contributed by atoms with van der Waals surface area (Å²) in [5.41, 5.74) is 0.377. The van der Waals surface area contributed by atoms with Crippen molar-refractivity contribution in [2.24, 2.45) is 5.92 Å². The Morgan fingerprint density at radius 3 is 2.59 bits per heavy atom. The molecule has 1 amide bonds. The van der Waals surface area contributed by atoms with Crippen LogP contribution in [-0.2, 0) is 0 Å². The van der Waals surface area contributed by atoms with Crippen LogP contribution in [0.5, 0.6) is 0 Å². The van der Waals surface area contributed by atoms with Gasteiger partial charge in [0.25, 0.3) is 5.91 Å². The molecule has 1 aliphatic rings. The third-order valence-electron chi connectivity index (χ3n) is 5.21. The first kappa shape index (κ1) is 21.3. The molecule has 0 spiro atoms. The monoisotopic (exact) mass is 419 g/mol. The summed E-state index contributed by atoms with van der Waals surface area (Å²) in [4.78, 5) is 23.1. The van der Waals surface area contributed by atoms with Gasteiger partial charge in [-0.05, 0) is 56.7 Å². The number of aryl methyl sites for hydroxylation is 1. The SMILES string of the molecule is Cc1nc(N[C@H]2CC[C@@H](CNC(=O)c3ccc(F)c(Cl)c3)CC2)cc(N(C)C)n1. The van der Waals surface area contributed by atoms with Crippen LogP contribution in [0.25, 0.3) is 0 Å². The maximum Gasteiger partial charge on any atom is 0.251 e. The second-order valence-corrected chi connectivity index (χ2v) is 8.16. The Hall–Kier alpha value is -2.41. The number of hydrogen-bond acceptors (Lipinski definition) is 5. The molecule has 0 unspecified atom stereocenters. The highest BCUT2D eigenvalue weighted by Gasteiger charge is 2.22. The normalized spacial score (nSPS) is 18.9. The lowest BCUT2D eigenvalue weighted by Gasteiger charge is -2.29. The number of nitrogens with zero attached hydrogens (tertiary/aromatic N) is 3. The molecule has 1 aromatic carbocycles. The van der Waals surface area contributed by atoms with Gasteiger partial charge in [-0.15, -0.1) is 0 Å². The molecule has 1 aliphatic carbocycles. The maximum absolute atomic E-state index is 13.2. The molecule has 6 nitrogen and oxygen atoms in total. The molecule has 0 bridgehead atoms. The van der Waals surface area contributed by atoms with Crippen molar-refractivity contribution >= 4 is 29.1 Å². The molecule has 8 heteroatoms. The number of carbonyl (C=O) groups excluding carboxylic acids is 1. The molecule has 1 heterocycles. The lowest BCUT2D eigenvalue weighted by atomic mass is 9.86. The van der Waals surface area contributed by atoms with E-state index in [2.05, 4.69) is 20.6 Å². The Bertz CT molecular complexity index is 868. The lowest BCUT2D eigenvalue weighted by molar-refractivity contribution is 0.0943. The van der Waals surface area contributed by atoms with Crippen LogP contribution in [0.3, 0.4) is 0 Å². The van der Waals surface area contributed by atoms with Gasteiger partial charge in [-0.3, -0.25) is 4.79 Å². The van der Waals surface area contributed by atoms with E-state index in [0.29, 0.717) is 24.1 Å². The topological polar surface area (TPSA) is 70.2 Å². The molecule has 0 aliphatic heterocycles. The lowest BCUT2D eigenvalue weighted by Crippen LogP contribution is -2.34. The van der Waals surface area contributed by atoms with Crippen molar-refractivity contribution in [3.8, 4) is 0 Å². The minimum atomic E-state index is -0.523. The summed E-state index contributed by atoms with van der Waals surface area (Å²) in [7, 11) is 3.93. The highest BCUT2D eigenvalue weighted by molar-refractivity contribution is 6.31. The van der Waals surface area contributed by atoms with Gasteiger partial charge in [0.2, 0.25) is 0 Å². The van der Waals surface area contributed by atoms with Crippen LogP contribution in [0, 0.1) is 18.7 Å². The Kier molecular flexibility index (Phi) is 6.90. The van der Waals surface area contributed by atoms with Crippen molar-refractivity contribution < 1.29 is 9.18 Å². The highest BCUT2D eigenvalue weighted by Crippen LogP contribution is 2.26. The molecule has 3 rings (SSSR count). The predicted octanol–water partition coefficient (Wildman–Crippen LogP) is 4.04. The molecule has 1 aromatic heterocycles. The van der Waals surface area contributed by atoms with Crippen LogP contribution in [0.4, 0.5) is 16.0 Å². The minimum Gasteiger partial charge on any atom is -0.367 e. The number of rotatable bonds is 6. The number of hydrogen-bond donors (Lipinski definition) is 2. The van der Waals surface area contributed by atoms with Crippen molar-refractivity contribution in [3.05, 3.63) is 46.5 Å². The molecule has 0 saturated heterocycles. The molecule has 0 atom stereocenters. The van der Waals surface area contributed by atoms with E-state index in [-0.39, 0.29) is 10.9 Å². The van der Waals surface area contributed by atoms with Gasteiger partial charge in [-0.25, -0.2) is 14.4 Å². The average Bonchev–Trinajstić information content (AvgIpc) is 2.69. The van der Waals surface area contributed by atoms with Crippen LogP contribution < -0.4 is 15.5 Å². The fraction of sp³-hybridized carbons (Fsp3) is 0.476. The van der Waals surface area contributed by atoms with Crippen molar-refractivity contribution in [1.82, 2.24) is 15.3 Å². The summed E-state index contributed by atoms with van der Waals surface area (Å²) in [6.45, 7) is 2.50. The minimum absolute atomic E-state index is 0.0402. The Balaban J connectivity index is 1.47. The van der Waals surface area contributed by atoms with Gasteiger partial charge >= 0.3 is 0 Å². The molecule has 156 valence electrons. The zero-order valence-corrected chi connectivity index (χ0v) is 17.8. The summed E-state index contributed by atoms with van der Waals surface area (Å²) in [5.74, 6) is 2.17. The van der Waals surface area contributed by atoms with Gasteiger partial charge in [0, 0.05) is 38.3 Å². The van der Waals surface area contributed by atoms with Gasteiger partial charge in [0.05, 0.1) is 5.02 Å². The first-order valence-electron chi connectivity index (χ1n) is 9.84. The zero-order chi connectivity index (χ0) is 21.0. The number of anilines is 2. The largest absolute Gasteiger partial charge is 0.367 e. The van der Waals surface area contributed by atoms with E-state index in [1.54, 1.807) is 0 Å². The molecule has 1 saturated carbocycles. The van der Waals surface area contributed by atoms with E-state index < -0.39 is 5.82 Å². The number of nitrogens with one attached hydrogen (secondary N) is 2. The number of aromatic nitrogens is 2. The first-order chi connectivity index (χ1) is 13.8. The third kappa shape index (κ3) is 5.79. The Morgan fingerprint density at radius 2 is 1.93 bits per heavy atom. The molecule has 0 radical (unpaired) electrons. The standard InChI is InChI=1S/C21H27ClFN5O/c1-13-25-19(11-20(26-13)28(2)3)27-16-7-4-14(5-8-16)12-24-21(29)15-6-9-18(23)17(22)10-15/h6,9-11,14,16H,4-5,7-8,12H2,1-3H3,(H,24,29)(H,25,26,27)/t14-,16+. The van der Waals surface area contributed by atoms with E-state index in [4.69, 9.17) is 11.6 Å². The molecule has 2 aromatic rings. The van der Waals surface area contributed by atoms with Gasteiger partial charge < -0.3 is 15.5 Å². The van der Waals surface area contributed by atoms with Crippen molar-refractivity contribution in [2.45, 2.75) is 38.6 Å². The van der Waals surface area contributed by atoms with E-state index in [9.17, 15) is 9.18 Å². The Morgan fingerprint density at radius 1 is 1.21 bits per heavy atom. The van der Waals surface area contributed by atoms with E-state index >= 15 is 0 Å². The van der Waals surface area contributed by atoms with Gasteiger partial charge in [-0.1, -0.05) is 11.6 Å². The average molecular weight is 420 g/mol. The second-order valence-electron chi connectivity index (χ2n) is 7.75. The summed E-state index contributed by atoms with van der Waals surface area (Å²) in [5, 5.41) is 6.42. The molecule has 29 heavy (non-hydrogen) atoms.